The van der Waals surface area contributed by atoms with E-state index in [2.05, 4.69) is 6.58 Å². The molecule has 0 amide bonds. The minimum atomic E-state index is -3.84. The average molecular weight is 360 g/mol. The number of allylic oxidation sites excluding steroid dienone is 1. The summed E-state index contributed by atoms with van der Waals surface area (Å²) in [5.74, 6) is -1.58. The number of fused-ring (bicyclic) bond motifs is 1. The van der Waals surface area contributed by atoms with Crippen LogP contribution in [0.15, 0.2) is 67.3 Å². The highest BCUT2D eigenvalue weighted by atomic mass is 19.3. The smallest absolute Gasteiger partial charge is 0.429 e. The second kappa shape index (κ2) is 7.20. The Labute approximate surface area is 148 Å². The third kappa shape index (κ3) is 3.87. The summed E-state index contributed by atoms with van der Waals surface area (Å²) in [5.41, 5.74) is -0.228. The van der Waals surface area contributed by atoms with E-state index in [-0.39, 0.29) is 5.75 Å². The van der Waals surface area contributed by atoms with Gasteiger partial charge in [0.25, 0.3) is 0 Å². The average Bonchev–Trinajstić information content (AvgIpc) is 2.59. The standard InChI is InChI=1S/C21H16F4O/c1-2-3-4-14-5-10-19(20(23)11-14)21(24,25)26-18-9-7-15-12-17(22)8-6-16(15)13-18/h2,5-13H,1,3-4H2. The number of hydrogen-bond donors (Lipinski definition) is 0. The van der Waals surface area contributed by atoms with E-state index in [0.29, 0.717) is 29.2 Å². The highest BCUT2D eigenvalue weighted by Gasteiger charge is 2.37. The lowest BCUT2D eigenvalue weighted by Crippen LogP contribution is -2.23. The second-order valence-electron chi connectivity index (χ2n) is 5.91. The summed E-state index contributed by atoms with van der Waals surface area (Å²) in [6.45, 7) is 3.57. The number of benzene rings is 3. The van der Waals surface area contributed by atoms with Crippen LogP contribution < -0.4 is 4.74 Å². The Bertz CT molecular complexity index is 950. The fraction of sp³-hybridized carbons (Fsp3) is 0.143. The largest absolute Gasteiger partial charge is 0.429 e. The lowest BCUT2D eigenvalue weighted by molar-refractivity contribution is -0.187. The van der Waals surface area contributed by atoms with Crippen LogP contribution in [0.25, 0.3) is 10.8 Å². The zero-order chi connectivity index (χ0) is 18.7. The van der Waals surface area contributed by atoms with E-state index in [1.807, 2.05) is 0 Å². The molecule has 0 spiro atoms. The topological polar surface area (TPSA) is 9.23 Å². The molecule has 26 heavy (non-hydrogen) atoms. The maximum atomic E-state index is 14.4. The molecule has 0 aliphatic heterocycles. The number of halogens is 4. The highest BCUT2D eigenvalue weighted by Crippen LogP contribution is 2.34. The van der Waals surface area contributed by atoms with Crippen LogP contribution >= 0.6 is 0 Å². The van der Waals surface area contributed by atoms with E-state index < -0.39 is 23.3 Å². The van der Waals surface area contributed by atoms with Crippen LogP contribution in [0.4, 0.5) is 17.6 Å². The fourth-order valence-corrected chi connectivity index (χ4v) is 2.68. The molecule has 134 valence electrons. The van der Waals surface area contributed by atoms with Crippen molar-refractivity contribution in [1.29, 1.82) is 0 Å². The molecule has 5 heteroatoms. The van der Waals surface area contributed by atoms with Crippen molar-refractivity contribution >= 4 is 10.8 Å². The van der Waals surface area contributed by atoms with Crippen molar-refractivity contribution in [2.45, 2.75) is 19.0 Å². The van der Waals surface area contributed by atoms with Gasteiger partial charge in [-0.2, -0.15) is 8.78 Å². The van der Waals surface area contributed by atoms with Gasteiger partial charge in [-0.15, -0.1) is 6.58 Å². The molecule has 0 aliphatic carbocycles. The maximum absolute atomic E-state index is 14.4. The van der Waals surface area contributed by atoms with E-state index in [1.165, 1.54) is 42.5 Å². The molecule has 1 nitrogen and oxygen atoms in total. The zero-order valence-corrected chi connectivity index (χ0v) is 13.8. The van der Waals surface area contributed by atoms with Crippen molar-refractivity contribution < 1.29 is 22.3 Å². The normalized spacial score (nSPS) is 11.5. The Hall–Kier alpha value is -2.82. The summed E-state index contributed by atoms with van der Waals surface area (Å²) >= 11 is 0. The van der Waals surface area contributed by atoms with E-state index >= 15 is 0 Å². The number of ether oxygens (including phenoxy) is 1. The molecule has 3 aromatic carbocycles. The SMILES string of the molecule is C=CCCc1ccc(C(F)(F)Oc2ccc3cc(F)ccc3c2)c(F)c1. The molecule has 0 fully saturated rings. The van der Waals surface area contributed by atoms with E-state index in [0.717, 1.165) is 12.1 Å². The van der Waals surface area contributed by atoms with Crippen molar-refractivity contribution in [3.63, 3.8) is 0 Å². The summed E-state index contributed by atoms with van der Waals surface area (Å²) in [7, 11) is 0. The molecule has 0 aromatic heterocycles. The quantitative estimate of drug-likeness (QED) is 0.367. The van der Waals surface area contributed by atoms with E-state index in [9.17, 15) is 17.6 Å². The van der Waals surface area contributed by atoms with Gasteiger partial charge in [0.1, 0.15) is 17.4 Å². The molecule has 0 bridgehead atoms. The first-order valence-electron chi connectivity index (χ1n) is 8.05. The number of hydrogen-bond acceptors (Lipinski definition) is 1. The van der Waals surface area contributed by atoms with Crippen LogP contribution in [-0.2, 0) is 12.5 Å². The monoisotopic (exact) mass is 360 g/mol. The second-order valence-corrected chi connectivity index (χ2v) is 5.91. The Morgan fingerprint density at radius 1 is 0.923 bits per heavy atom. The number of aryl methyl sites for hydroxylation is 1. The van der Waals surface area contributed by atoms with Crippen molar-refractivity contribution in [1.82, 2.24) is 0 Å². The van der Waals surface area contributed by atoms with Gasteiger partial charge < -0.3 is 4.74 Å². The van der Waals surface area contributed by atoms with Gasteiger partial charge in [-0.05, 0) is 65.6 Å². The Morgan fingerprint density at radius 2 is 1.65 bits per heavy atom. The summed E-state index contributed by atoms with van der Waals surface area (Å²) in [4.78, 5) is 0. The third-order valence-electron chi connectivity index (χ3n) is 4.00. The van der Waals surface area contributed by atoms with Gasteiger partial charge in [0.05, 0.1) is 5.56 Å². The molecule has 0 heterocycles. The van der Waals surface area contributed by atoms with Crippen molar-refractivity contribution in [2.75, 3.05) is 0 Å². The number of alkyl halides is 2. The first-order chi connectivity index (χ1) is 12.4. The fourth-order valence-electron chi connectivity index (χ4n) is 2.68. The molecule has 0 unspecified atom stereocenters. The lowest BCUT2D eigenvalue weighted by Gasteiger charge is -2.19. The molecule has 0 aliphatic rings. The van der Waals surface area contributed by atoms with Gasteiger partial charge in [0.15, 0.2) is 0 Å². The Kier molecular flexibility index (Phi) is 4.98. The summed E-state index contributed by atoms with van der Waals surface area (Å²) in [6, 6.07) is 11.7. The molecule has 3 aromatic rings. The van der Waals surface area contributed by atoms with Crippen LogP contribution in [0, 0.1) is 11.6 Å². The van der Waals surface area contributed by atoms with E-state index in [4.69, 9.17) is 4.74 Å². The van der Waals surface area contributed by atoms with Gasteiger partial charge in [0.2, 0.25) is 0 Å². The lowest BCUT2D eigenvalue weighted by atomic mass is 10.1. The van der Waals surface area contributed by atoms with Gasteiger partial charge >= 0.3 is 6.11 Å². The molecule has 3 rings (SSSR count). The Balaban J connectivity index is 1.86. The van der Waals surface area contributed by atoms with Crippen LogP contribution in [0.3, 0.4) is 0 Å². The maximum Gasteiger partial charge on any atom is 0.429 e. The van der Waals surface area contributed by atoms with Crippen LogP contribution in [0.1, 0.15) is 17.5 Å². The van der Waals surface area contributed by atoms with E-state index in [1.54, 1.807) is 6.08 Å². The predicted octanol–water partition coefficient (Wildman–Crippen LogP) is 6.36. The van der Waals surface area contributed by atoms with Crippen molar-refractivity contribution in [3.8, 4) is 5.75 Å². The highest BCUT2D eigenvalue weighted by molar-refractivity contribution is 5.83. The van der Waals surface area contributed by atoms with Crippen LogP contribution in [0.5, 0.6) is 5.75 Å². The first-order valence-corrected chi connectivity index (χ1v) is 8.05. The summed E-state index contributed by atoms with van der Waals surface area (Å²) in [6.07, 6.45) is -1.01. The summed E-state index contributed by atoms with van der Waals surface area (Å²) < 4.78 is 60.9. The predicted molar refractivity (Wildman–Crippen MR) is 93.3 cm³/mol. The van der Waals surface area contributed by atoms with Crippen molar-refractivity contribution in [3.05, 3.63) is 90.0 Å². The molecular formula is C21H16F4O. The van der Waals surface area contributed by atoms with Gasteiger partial charge in [-0.1, -0.05) is 24.3 Å². The molecule has 0 saturated heterocycles. The number of rotatable bonds is 6. The molecule has 0 N–H and O–H groups in total. The third-order valence-corrected chi connectivity index (χ3v) is 4.00. The van der Waals surface area contributed by atoms with Crippen LogP contribution in [0.2, 0.25) is 0 Å². The van der Waals surface area contributed by atoms with Gasteiger partial charge in [-0.25, -0.2) is 8.78 Å². The molecule has 0 saturated carbocycles. The minimum Gasteiger partial charge on any atom is -0.429 e. The van der Waals surface area contributed by atoms with Gasteiger partial charge in [-0.3, -0.25) is 0 Å². The molecule has 0 radical (unpaired) electrons. The first kappa shape index (κ1) is 18.0. The van der Waals surface area contributed by atoms with Crippen LogP contribution in [-0.4, -0.2) is 0 Å². The van der Waals surface area contributed by atoms with Gasteiger partial charge in [0, 0.05) is 0 Å². The minimum absolute atomic E-state index is 0.135. The Morgan fingerprint density at radius 3 is 2.38 bits per heavy atom. The molecular weight excluding hydrogens is 344 g/mol. The van der Waals surface area contributed by atoms with Crippen molar-refractivity contribution in [2.24, 2.45) is 0 Å². The molecule has 0 atom stereocenters. The zero-order valence-electron chi connectivity index (χ0n) is 13.8. The summed E-state index contributed by atoms with van der Waals surface area (Å²) in [5, 5.41) is 1.10.